The molecule has 3 atom stereocenters. The van der Waals surface area contributed by atoms with E-state index in [0.29, 0.717) is 5.56 Å². The summed E-state index contributed by atoms with van der Waals surface area (Å²) in [4.78, 5) is 23.5. The first-order valence-electron chi connectivity index (χ1n) is 6.88. The molecular formula is C17H17NO4. The Hall–Kier alpha value is -2.61. The average Bonchev–Trinajstić information content (AvgIpc) is 3.07. The van der Waals surface area contributed by atoms with Crippen LogP contribution in [0.15, 0.2) is 42.5 Å². The highest BCUT2D eigenvalue weighted by atomic mass is 16.5. The molecule has 0 aromatic heterocycles. The predicted octanol–water partition coefficient (Wildman–Crippen LogP) is 2.65. The molecule has 22 heavy (non-hydrogen) atoms. The summed E-state index contributed by atoms with van der Waals surface area (Å²) in [7, 11) is 0. The third kappa shape index (κ3) is 2.73. The van der Waals surface area contributed by atoms with E-state index in [4.69, 9.17) is 10.00 Å². The van der Waals surface area contributed by atoms with Crippen molar-refractivity contribution < 1.29 is 19.4 Å². The number of nitriles is 1. The van der Waals surface area contributed by atoms with Gasteiger partial charge in [0.2, 0.25) is 0 Å². The largest absolute Gasteiger partial charge is 0.481 e. The molecule has 1 aromatic carbocycles. The zero-order valence-corrected chi connectivity index (χ0v) is 12.4. The number of nitrogens with zero attached hydrogens (tertiary/aromatic N) is 1. The Kier molecular flexibility index (Phi) is 4.05. The van der Waals surface area contributed by atoms with Gasteiger partial charge in [-0.2, -0.15) is 5.26 Å². The maximum absolute atomic E-state index is 12.2. The first-order valence-corrected chi connectivity index (χ1v) is 6.88. The Labute approximate surface area is 128 Å². The molecule has 0 spiro atoms. The fourth-order valence-electron chi connectivity index (χ4n) is 2.90. The molecule has 1 N–H and O–H groups in total. The molecule has 0 saturated heterocycles. The van der Waals surface area contributed by atoms with Crippen molar-refractivity contribution in [2.75, 3.05) is 0 Å². The highest BCUT2D eigenvalue weighted by Crippen LogP contribution is 2.61. The van der Waals surface area contributed by atoms with Crippen LogP contribution in [-0.4, -0.2) is 23.1 Å². The fourth-order valence-corrected chi connectivity index (χ4v) is 2.90. The van der Waals surface area contributed by atoms with Gasteiger partial charge in [0.05, 0.1) is 23.1 Å². The summed E-state index contributed by atoms with van der Waals surface area (Å²) in [5.41, 5.74) is -0.137. The SMILES string of the molecule is C=C(C#N)C(OC(=O)c1ccccc1)C1C(C(=O)O)C1(C)C. The van der Waals surface area contributed by atoms with Gasteiger partial charge >= 0.3 is 11.9 Å². The second-order valence-corrected chi connectivity index (χ2v) is 5.99. The van der Waals surface area contributed by atoms with Gasteiger partial charge in [-0.1, -0.05) is 38.6 Å². The van der Waals surface area contributed by atoms with Gasteiger partial charge in [-0.25, -0.2) is 4.79 Å². The number of carbonyl (C=O) groups excluding carboxylic acids is 1. The first-order chi connectivity index (χ1) is 10.3. The van der Waals surface area contributed by atoms with Crippen molar-refractivity contribution in [1.29, 1.82) is 5.26 Å². The number of rotatable bonds is 5. The van der Waals surface area contributed by atoms with Crippen molar-refractivity contribution >= 4 is 11.9 Å². The molecule has 0 heterocycles. The first kappa shape index (κ1) is 15.8. The predicted molar refractivity (Wildman–Crippen MR) is 78.8 cm³/mol. The van der Waals surface area contributed by atoms with Gasteiger partial charge in [-0.15, -0.1) is 0 Å². The van der Waals surface area contributed by atoms with Crippen molar-refractivity contribution in [2.24, 2.45) is 17.3 Å². The monoisotopic (exact) mass is 299 g/mol. The van der Waals surface area contributed by atoms with Crippen LogP contribution in [0, 0.1) is 28.6 Å². The van der Waals surface area contributed by atoms with E-state index in [2.05, 4.69) is 6.58 Å². The zero-order valence-electron chi connectivity index (χ0n) is 12.4. The van der Waals surface area contributed by atoms with Crippen LogP contribution in [0.1, 0.15) is 24.2 Å². The molecule has 2 rings (SSSR count). The number of esters is 1. The molecule has 0 bridgehead atoms. The van der Waals surface area contributed by atoms with Crippen molar-refractivity contribution in [3.05, 3.63) is 48.0 Å². The third-order valence-corrected chi connectivity index (χ3v) is 4.23. The topological polar surface area (TPSA) is 87.4 Å². The normalized spacial score (nSPS) is 23.0. The lowest BCUT2D eigenvalue weighted by atomic mass is 10.0. The Bertz CT molecular complexity index is 657. The molecule has 0 amide bonds. The molecule has 0 aliphatic heterocycles. The molecule has 1 aliphatic rings. The number of benzene rings is 1. The summed E-state index contributed by atoms with van der Waals surface area (Å²) in [6.07, 6.45) is -0.922. The van der Waals surface area contributed by atoms with Gasteiger partial charge < -0.3 is 9.84 Å². The lowest BCUT2D eigenvalue weighted by Crippen LogP contribution is -2.24. The maximum atomic E-state index is 12.2. The smallest absolute Gasteiger partial charge is 0.338 e. The second-order valence-electron chi connectivity index (χ2n) is 5.99. The van der Waals surface area contributed by atoms with Gasteiger partial charge in [0.1, 0.15) is 6.10 Å². The molecule has 5 nitrogen and oxygen atoms in total. The highest BCUT2D eigenvalue weighted by Gasteiger charge is 2.66. The Morgan fingerprint density at radius 3 is 2.41 bits per heavy atom. The molecule has 0 radical (unpaired) electrons. The van der Waals surface area contributed by atoms with E-state index in [1.54, 1.807) is 44.2 Å². The van der Waals surface area contributed by atoms with Gasteiger partial charge in [-0.3, -0.25) is 4.79 Å². The summed E-state index contributed by atoms with van der Waals surface area (Å²) in [6, 6.07) is 10.2. The van der Waals surface area contributed by atoms with Gasteiger partial charge in [0.25, 0.3) is 0 Å². The number of hydrogen-bond acceptors (Lipinski definition) is 4. The Balaban J connectivity index is 2.23. The average molecular weight is 299 g/mol. The van der Waals surface area contributed by atoms with Crippen LogP contribution in [0.25, 0.3) is 0 Å². The van der Waals surface area contributed by atoms with Crippen LogP contribution < -0.4 is 0 Å². The zero-order chi connectivity index (χ0) is 16.5. The number of carbonyl (C=O) groups is 2. The fraction of sp³-hybridized carbons (Fsp3) is 0.353. The third-order valence-electron chi connectivity index (χ3n) is 4.23. The van der Waals surface area contributed by atoms with Crippen LogP contribution in [-0.2, 0) is 9.53 Å². The Morgan fingerprint density at radius 2 is 1.95 bits per heavy atom. The molecule has 5 heteroatoms. The van der Waals surface area contributed by atoms with Crippen LogP contribution in [0.5, 0.6) is 0 Å². The Morgan fingerprint density at radius 1 is 1.36 bits per heavy atom. The van der Waals surface area contributed by atoms with Crippen LogP contribution >= 0.6 is 0 Å². The van der Waals surface area contributed by atoms with E-state index >= 15 is 0 Å². The molecule has 1 aliphatic carbocycles. The number of hydrogen-bond donors (Lipinski definition) is 1. The summed E-state index contributed by atoms with van der Waals surface area (Å²) in [5, 5.41) is 18.3. The summed E-state index contributed by atoms with van der Waals surface area (Å²) >= 11 is 0. The lowest BCUT2D eigenvalue weighted by Gasteiger charge is -2.18. The molecule has 1 aromatic rings. The van der Waals surface area contributed by atoms with Gasteiger partial charge in [-0.05, 0) is 17.5 Å². The molecule has 1 fully saturated rings. The van der Waals surface area contributed by atoms with Crippen LogP contribution in [0.3, 0.4) is 0 Å². The molecule has 114 valence electrons. The number of carboxylic acid groups (broad SMARTS) is 1. The number of aliphatic carboxylic acids is 1. The van der Waals surface area contributed by atoms with Crippen molar-refractivity contribution in [3.63, 3.8) is 0 Å². The minimum Gasteiger partial charge on any atom is -0.481 e. The van der Waals surface area contributed by atoms with E-state index in [-0.39, 0.29) is 5.57 Å². The summed E-state index contributed by atoms with van der Waals surface area (Å²) in [5.74, 6) is -2.66. The number of carboxylic acids is 1. The highest BCUT2D eigenvalue weighted by molar-refractivity contribution is 5.89. The summed E-state index contributed by atoms with van der Waals surface area (Å²) < 4.78 is 5.40. The van der Waals surface area contributed by atoms with E-state index in [1.807, 2.05) is 6.07 Å². The quantitative estimate of drug-likeness (QED) is 0.667. The summed E-state index contributed by atoms with van der Waals surface area (Å²) in [6.45, 7) is 7.17. The molecular weight excluding hydrogens is 282 g/mol. The number of ether oxygens (including phenoxy) is 1. The lowest BCUT2D eigenvalue weighted by molar-refractivity contribution is -0.139. The molecule has 1 saturated carbocycles. The van der Waals surface area contributed by atoms with E-state index in [9.17, 15) is 14.7 Å². The van der Waals surface area contributed by atoms with E-state index in [1.165, 1.54) is 0 Å². The minimum atomic E-state index is -0.957. The van der Waals surface area contributed by atoms with Crippen molar-refractivity contribution in [2.45, 2.75) is 20.0 Å². The maximum Gasteiger partial charge on any atom is 0.338 e. The molecule has 3 unspecified atom stereocenters. The standard InChI is InChI=1S/C17H17NO4/c1-10(9-18)14(12-13(15(19)20)17(12,2)3)22-16(21)11-7-5-4-6-8-11/h4-8,12-14H,1H2,2-3H3,(H,19,20). The second kappa shape index (κ2) is 5.64. The van der Waals surface area contributed by atoms with Gasteiger partial charge in [0, 0.05) is 5.92 Å². The van der Waals surface area contributed by atoms with Crippen molar-refractivity contribution in [1.82, 2.24) is 0 Å². The van der Waals surface area contributed by atoms with Gasteiger partial charge in [0.15, 0.2) is 0 Å². The van der Waals surface area contributed by atoms with Crippen molar-refractivity contribution in [3.8, 4) is 6.07 Å². The van der Waals surface area contributed by atoms with Crippen LogP contribution in [0.4, 0.5) is 0 Å². The van der Waals surface area contributed by atoms with E-state index in [0.717, 1.165) is 0 Å². The minimum absolute atomic E-state index is 0.0612. The van der Waals surface area contributed by atoms with Crippen LogP contribution in [0.2, 0.25) is 0 Å². The van der Waals surface area contributed by atoms with E-state index < -0.39 is 35.3 Å².